The first-order chi connectivity index (χ1) is 28.4. The van der Waals surface area contributed by atoms with E-state index in [4.69, 9.17) is 0 Å². The number of hydrogen-bond donors (Lipinski definition) is 0. The Bertz CT molecular complexity index is 3380. The number of aromatic nitrogens is 1. The van der Waals surface area contributed by atoms with Gasteiger partial charge in [-0.3, -0.25) is 0 Å². The van der Waals surface area contributed by atoms with Gasteiger partial charge in [-0.1, -0.05) is 178 Å². The molecule has 0 saturated heterocycles. The molecule has 3 heteroatoms. The fraction of sp³-hybridized carbons (Fsp3) is 0.0545. The van der Waals surface area contributed by atoms with Gasteiger partial charge in [-0.2, -0.15) is 0 Å². The van der Waals surface area contributed by atoms with E-state index in [9.17, 15) is 0 Å². The fourth-order valence-corrected chi connectivity index (χ4v) is 13.5. The molecule has 274 valence electrons. The van der Waals surface area contributed by atoms with Crippen LogP contribution < -0.4 is 15.9 Å². The normalized spacial score (nSPS) is 16.0. The van der Waals surface area contributed by atoms with Gasteiger partial charge in [0.25, 0.3) is 0 Å². The summed E-state index contributed by atoms with van der Waals surface area (Å²) in [5, 5.41) is 7.52. The van der Waals surface area contributed by atoms with Gasteiger partial charge in [-0.15, -0.1) is 0 Å². The third kappa shape index (κ3) is 4.53. The van der Waals surface area contributed by atoms with Gasteiger partial charge in [-0.05, 0) is 96.7 Å². The van der Waals surface area contributed by atoms with E-state index in [1.165, 1.54) is 49.7 Å². The minimum Gasteiger partial charge on any atom is -0.309 e. The van der Waals surface area contributed by atoms with E-state index in [1.807, 2.05) is 36.4 Å². The number of para-hydroxylation sites is 1. The second-order valence-corrected chi connectivity index (χ2v) is 19.1. The summed E-state index contributed by atoms with van der Waals surface area (Å²) in [6.07, 6.45) is 0. The fourth-order valence-electron chi connectivity index (χ4n) is 10.2. The van der Waals surface area contributed by atoms with Gasteiger partial charge in [0.1, 0.15) is 0 Å². The number of benzene rings is 9. The predicted molar refractivity (Wildman–Crippen MR) is 245 cm³/mol. The first-order valence-corrected chi connectivity index (χ1v) is 21.8. The molecule has 58 heavy (non-hydrogen) atoms. The Balaban J connectivity index is 1.01. The van der Waals surface area contributed by atoms with Gasteiger partial charge >= 0.3 is 0 Å². The van der Waals surface area contributed by atoms with Crippen LogP contribution in [0.25, 0.3) is 82.8 Å². The quantitative estimate of drug-likeness (QED) is 0.164. The van der Waals surface area contributed by atoms with Crippen LogP contribution in [0.15, 0.2) is 194 Å². The molecule has 0 amide bonds. The summed E-state index contributed by atoms with van der Waals surface area (Å²) in [6, 6.07) is 69.7. The Morgan fingerprint density at radius 1 is 0.448 bits per heavy atom. The molecule has 0 bridgehead atoms. The molecule has 1 atom stereocenters. The molecule has 1 aliphatic carbocycles. The zero-order chi connectivity index (χ0) is 38.8. The maximum Gasteiger partial charge on any atom is 0.174 e. The third-order valence-electron chi connectivity index (χ3n) is 13.0. The summed E-state index contributed by atoms with van der Waals surface area (Å²) in [6.45, 7) is 4.70. The van der Waals surface area contributed by atoms with E-state index < -0.39 is 7.14 Å². The molecule has 12 rings (SSSR count). The number of rotatable bonds is 4. The predicted octanol–water partition coefficient (Wildman–Crippen LogP) is 13.2. The molecule has 2 heterocycles. The molecule has 10 aromatic rings. The molecular formula is C55H38NOP. The molecule has 1 aliphatic heterocycles. The molecule has 1 unspecified atom stereocenters. The minimum absolute atomic E-state index is 0.0972. The maximum atomic E-state index is 15.9. The van der Waals surface area contributed by atoms with Crippen molar-refractivity contribution in [2.45, 2.75) is 19.3 Å². The molecule has 0 radical (unpaired) electrons. The summed E-state index contributed by atoms with van der Waals surface area (Å²) in [4.78, 5) is 0. The van der Waals surface area contributed by atoms with E-state index in [0.717, 1.165) is 60.1 Å². The van der Waals surface area contributed by atoms with Gasteiger partial charge < -0.3 is 9.13 Å². The highest BCUT2D eigenvalue weighted by molar-refractivity contribution is 7.86. The van der Waals surface area contributed by atoms with E-state index in [0.29, 0.717) is 0 Å². The van der Waals surface area contributed by atoms with Gasteiger partial charge in [0.15, 0.2) is 7.14 Å². The van der Waals surface area contributed by atoms with Crippen LogP contribution in [0, 0.1) is 0 Å². The van der Waals surface area contributed by atoms with Crippen molar-refractivity contribution in [2.75, 3.05) is 0 Å². The van der Waals surface area contributed by atoms with Gasteiger partial charge in [0.05, 0.1) is 16.3 Å². The lowest BCUT2D eigenvalue weighted by Crippen LogP contribution is -2.22. The Labute approximate surface area is 338 Å². The zero-order valence-electron chi connectivity index (χ0n) is 32.3. The topological polar surface area (TPSA) is 22.0 Å². The first kappa shape index (κ1) is 33.4. The highest BCUT2D eigenvalue weighted by Gasteiger charge is 2.43. The smallest absolute Gasteiger partial charge is 0.174 e. The second kappa shape index (κ2) is 12.1. The molecular weight excluding hydrogens is 722 g/mol. The highest BCUT2D eigenvalue weighted by atomic mass is 31.2. The lowest BCUT2D eigenvalue weighted by Gasteiger charge is -2.21. The second-order valence-electron chi connectivity index (χ2n) is 16.4. The van der Waals surface area contributed by atoms with E-state index in [2.05, 4.69) is 176 Å². The minimum atomic E-state index is -3.21. The molecule has 9 aromatic carbocycles. The van der Waals surface area contributed by atoms with Crippen molar-refractivity contribution < 1.29 is 4.57 Å². The maximum absolute atomic E-state index is 15.9. The Hall–Kier alpha value is -6.73. The third-order valence-corrected chi connectivity index (χ3v) is 16.2. The van der Waals surface area contributed by atoms with Crippen molar-refractivity contribution in [1.82, 2.24) is 4.57 Å². The largest absolute Gasteiger partial charge is 0.309 e. The van der Waals surface area contributed by atoms with Crippen LogP contribution in [0.5, 0.6) is 0 Å². The molecule has 0 N–H and O–H groups in total. The molecule has 0 saturated carbocycles. The van der Waals surface area contributed by atoms with Crippen LogP contribution in [-0.2, 0) is 9.98 Å². The van der Waals surface area contributed by atoms with Crippen molar-refractivity contribution >= 4 is 55.6 Å². The van der Waals surface area contributed by atoms with Crippen molar-refractivity contribution in [3.8, 4) is 50.2 Å². The van der Waals surface area contributed by atoms with Gasteiger partial charge in [0.2, 0.25) is 0 Å². The summed E-state index contributed by atoms with van der Waals surface area (Å²) in [5.41, 5.74) is 15.4. The lowest BCUT2D eigenvalue weighted by atomic mass is 9.82. The van der Waals surface area contributed by atoms with Crippen molar-refractivity contribution in [2.24, 2.45) is 0 Å². The molecule has 0 spiro atoms. The standard InChI is InChI=1S/C55H38NOP/c1-55(2)49-31-25-37(33-47(49)48-34-38(26-32-50(48)55)42-20-12-14-36-13-6-7-17-41(36)42)35-23-27-39(28-24-35)56-51-21-10-8-18-43(51)45-29-30-46-44-19-9-11-22-52(44)58(57,54(46)53(45)56)40-15-4-3-5-16-40/h3-34H,1-2H3. The van der Waals surface area contributed by atoms with Gasteiger partial charge in [0, 0.05) is 32.5 Å². The SMILES string of the molecule is CC1(C)c2ccc(-c3ccc(-n4c5ccccc5c5ccc6c(c54)P(=O)(c4ccccc4)c4ccccc4-6)cc3)cc2-c2cc(-c3cccc4ccccc34)ccc21. The van der Waals surface area contributed by atoms with Gasteiger partial charge in [-0.25, -0.2) is 0 Å². The first-order valence-electron chi connectivity index (χ1n) is 20.1. The summed E-state index contributed by atoms with van der Waals surface area (Å²) >= 11 is 0. The van der Waals surface area contributed by atoms with Crippen molar-refractivity contribution in [3.05, 3.63) is 205 Å². The Morgan fingerprint density at radius 2 is 1.07 bits per heavy atom. The van der Waals surface area contributed by atoms with Crippen LogP contribution in [0.2, 0.25) is 0 Å². The lowest BCUT2D eigenvalue weighted by molar-refractivity contribution is 0.593. The summed E-state index contributed by atoms with van der Waals surface area (Å²) < 4.78 is 18.3. The van der Waals surface area contributed by atoms with E-state index >= 15 is 4.57 Å². The molecule has 1 aromatic heterocycles. The average Bonchev–Trinajstić information content (AvgIpc) is 3.84. The number of nitrogens with zero attached hydrogens (tertiary/aromatic N) is 1. The number of hydrogen-bond acceptors (Lipinski definition) is 1. The van der Waals surface area contributed by atoms with Crippen LogP contribution >= 0.6 is 7.14 Å². The number of fused-ring (bicyclic) bond motifs is 11. The summed E-state index contributed by atoms with van der Waals surface area (Å²) in [7, 11) is -3.21. The highest BCUT2D eigenvalue weighted by Crippen LogP contribution is 2.55. The Kier molecular flexibility index (Phi) is 6.99. The van der Waals surface area contributed by atoms with Crippen molar-refractivity contribution in [3.63, 3.8) is 0 Å². The van der Waals surface area contributed by atoms with E-state index in [1.54, 1.807) is 0 Å². The average molecular weight is 760 g/mol. The molecule has 2 aliphatic rings. The Morgan fingerprint density at radius 3 is 1.88 bits per heavy atom. The van der Waals surface area contributed by atoms with E-state index in [-0.39, 0.29) is 5.41 Å². The zero-order valence-corrected chi connectivity index (χ0v) is 33.2. The van der Waals surface area contributed by atoms with Crippen LogP contribution in [0.3, 0.4) is 0 Å². The summed E-state index contributed by atoms with van der Waals surface area (Å²) in [5.74, 6) is 0. The van der Waals surface area contributed by atoms with Crippen LogP contribution in [0.4, 0.5) is 0 Å². The van der Waals surface area contributed by atoms with Crippen LogP contribution in [-0.4, -0.2) is 4.57 Å². The molecule has 0 fully saturated rings. The molecule has 2 nitrogen and oxygen atoms in total. The van der Waals surface area contributed by atoms with Crippen LogP contribution in [0.1, 0.15) is 25.0 Å². The monoisotopic (exact) mass is 759 g/mol. The van der Waals surface area contributed by atoms with Crippen molar-refractivity contribution in [1.29, 1.82) is 0 Å².